The van der Waals surface area contributed by atoms with E-state index >= 15 is 0 Å². The predicted octanol–water partition coefficient (Wildman–Crippen LogP) is 2.52. The summed E-state index contributed by atoms with van der Waals surface area (Å²) in [6.07, 6.45) is 3.12. The maximum absolute atomic E-state index is 13.9. The lowest BCUT2D eigenvalue weighted by Gasteiger charge is -2.02. The fourth-order valence-electron chi connectivity index (χ4n) is 1.80. The second kappa shape index (κ2) is 4.49. The Balaban J connectivity index is 2.23. The second-order valence-electron chi connectivity index (χ2n) is 3.82. The van der Waals surface area contributed by atoms with Gasteiger partial charge in [-0.25, -0.2) is 14.4 Å². The zero-order valence-corrected chi connectivity index (χ0v) is 9.75. The van der Waals surface area contributed by atoms with Gasteiger partial charge < -0.3 is 10.3 Å². The third-order valence-corrected chi connectivity index (χ3v) is 2.63. The van der Waals surface area contributed by atoms with Crippen LogP contribution in [0.4, 0.5) is 10.2 Å². The van der Waals surface area contributed by atoms with Crippen molar-refractivity contribution in [1.82, 2.24) is 15.1 Å². The minimum absolute atomic E-state index is 0.104. The number of nitrogens with zero attached hydrogens (tertiary/aromatic N) is 3. The molecule has 2 aromatic heterocycles. The first-order valence-corrected chi connectivity index (χ1v) is 5.55. The Hall–Kier alpha value is -2.76. The Kier molecular flexibility index (Phi) is 2.68. The number of anilines is 1. The van der Waals surface area contributed by atoms with Gasteiger partial charge in [0.05, 0.1) is 5.56 Å². The molecule has 0 radical (unpaired) electrons. The molecule has 0 saturated heterocycles. The number of nitrogens with two attached hydrogens (primary N) is 1. The maximum Gasteiger partial charge on any atom is 0.214 e. The van der Waals surface area contributed by atoms with Gasteiger partial charge >= 0.3 is 0 Å². The zero-order valence-electron chi connectivity index (χ0n) is 9.75. The fourth-order valence-corrected chi connectivity index (χ4v) is 1.80. The largest absolute Gasteiger partial charge is 0.380 e. The van der Waals surface area contributed by atoms with Crippen LogP contribution in [-0.2, 0) is 0 Å². The molecule has 0 amide bonds. The number of aromatic nitrogens is 3. The highest BCUT2D eigenvalue weighted by molar-refractivity contribution is 5.84. The van der Waals surface area contributed by atoms with Crippen LogP contribution in [0.3, 0.4) is 0 Å². The molecule has 94 valence electrons. The molecular formula is C13H9FN4O. The smallest absolute Gasteiger partial charge is 0.214 e. The van der Waals surface area contributed by atoms with E-state index in [1.807, 2.05) is 0 Å². The highest BCUT2D eigenvalue weighted by atomic mass is 19.1. The van der Waals surface area contributed by atoms with Crippen LogP contribution in [0.25, 0.3) is 22.7 Å². The zero-order chi connectivity index (χ0) is 13.2. The van der Waals surface area contributed by atoms with E-state index < -0.39 is 5.82 Å². The first kappa shape index (κ1) is 11.3. The number of halogens is 1. The normalized spacial score (nSPS) is 10.6. The Morgan fingerprint density at radius 2 is 1.79 bits per heavy atom. The van der Waals surface area contributed by atoms with Gasteiger partial charge in [-0.3, -0.25) is 0 Å². The molecule has 0 atom stereocenters. The van der Waals surface area contributed by atoms with E-state index in [1.54, 1.807) is 36.7 Å². The molecule has 3 rings (SSSR count). The highest BCUT2D eigenvalue weighted by Gasteiger charge is 2.21. The van der Waals surface area contributed by atoms with E-state index in [1.165, 1.54) is 6.07 Å². The van der Waals surface area contributed by atoms with Crippen LogP contribution in [-0.4, -0.2) is 15.1 Å². The van der Waals surface area contributed by atoms with E-state index in [0.717, 1.165) is 0 Å². The molecule has 5 nitrogen and oxygen atoms in total. The van der Waals surface area contributed by atoms with Crippen molar-refractivity contribution in [3.05, 3.63) is 48.5 Å². The van der Waals surface area contributed by atoms with Crippen LogP contribution in [0.2, 0.25) is 0 Å². The first-order valence-electron chi connectivity index (χ1n) is 5.55. The van der Waals surface area contributed by atoms with Crippen molar-refractivity contribution in [2.24, 2.45) is 0 Å². The summed E-state index contributed by atoms with van der Waals surface area (Å²) in [5.74, 6) is 0.260. The van der Waals surface area contributed by atoms with Gasteiger partial charge in [0.2, 0.25) is 5.76 Å². The summed E-state index contributed by atoms with van der Waals surface area (Å²) >= 11 is 0. The summed E-state index contributed by atoms with van der Waals surface area (Å²) in [4.78, 5) is 8.11. The lowest BCUT2D eigenvalue weighted by Crippen LogP contribution is -1.93. The SMILES string of the molecule is Nc1noc(-c2ncccn2)c1-c1ccccc1F. The van der Waals surface area contributed by atoms with Crippen molar-refractivity contribution < 1.29 is 8.91 Å². The maximum atomic E-state index is 13.9. The molecule has 6 heteroatoms. The van der Waals surface area contributed by atoms with Gasteiger partial charge in [0.25, 0.3) is 0 Å². The summed E-state index contributed by atoms with van der Waals surface area (Å²) < 4.78 is 19.0. The Morgan fingerprint density at radius 3 is 2.53 bits per heavy atom. The number of rotatable bonds is 2. The molecule has 0 fully saturated rings. The minimum atomic E-state index is -0.408. The molecule has 2 heterocycles. The van der Waals surface area contributed by atoms with Crippen LogP contribution in [0.1, 0.15) is 0 Å². The fraction of sp³-hybridized carbons (Fsp3) is 0. The third-order valence-electron chi connectivity index (χ3n) is 2.63. The molecule has 3 aromatic rings. The van der Waals surface area contributed by atoms with Crippen molar-refractivity contribution in [3.8, 4) is 22.7 Å². The second-order valence-corrected chi connectivity index (χ2v) is 3.82. The van der Waals surface area contributed by atoms with Crippen LogP contribution in [0.5, 0.6) is 0 Å². The molecule has 2 N–H and O–H groups in total. The van der Waals surface area contributed by atoms with Crippen LogP contribution < -0.4 is 5.73 Å². The molecule has 0 aliphatic heterocycles. The number of hydrogen-bond donors (Lipinski definition) is 1. The summed E-state index contributed by atoms with van der Waals surface area (Å²) in [7, 11) is 0. The van der Waals surface area contributed by atoms with Crippen molar-refractivity contribution in [2.75, 3.05) is 5.73 Å². The van der Waals surface area contributed by atoms with Gasteiger partial charge in [0, 0.05) is 18.0 Å². The number of hydrogen-bond acceptors (Lipinski definition) is 5. The molecule has 0 bridgehead atoms. The highest BCUT2D eigenvalue weighted by Crippen LogP contribution is 2.35. The van der Waals surface area contributed by atoms with Gasteiger partial charge in [-0.2, -0.15) is 0 Å². The van der Waals surface area contributed by atoms with Crippen molar-refractivity contribution in [3.63, 3.8) is 0 Å². The monoisotopic (exact) mass is 256 g/mol. The van der Waals surface area contributed by atoms with Gasteiger partial charge in [-0.15, -0.1) is 0 Å². The van der Waals surface area contributed by atoms with E-state index in [4.69, 9.17) is 10.3 Å². The summed E-state index contributed by atoms with van der Waals surface area (Å²) in [6, 6.07) is 7.93. The predicted molar refractivity (Wildman–Crippen MR) is 67.3 cm³/mol. The topological polar surface area (TPSA) is 77.8 Å². The van der Waals surface area contributed by atoms with E-state index in [9.17, 15) is 4.39 Å². The Morgan fingerprint density at radius 1 is 1.05 bits per heavy atom. The summed E-state index contributed by atoms with van der Waals surface area (Å²) in [5, 5.41) is 3.67. The van der Waals surface area contributed by atoms with Crippen molar-refractivity contribution in [1.29, 1.82) is 0 Å². The molecule has 0 spiro atoms. The van der Waals surface area contributed by atoms with Gasteiger partial charge in [0.15, 0.2) is 11.6 Å². The van der Waals surface area contributed by atoms with E-state index in [-0.39, 0.29) is 11.6 Å². The molecule has 0 aliphatic carbocycles. The van der Waals surface area contributed by atoms with Crippen LogP contribution >= 0.6 is 0 Å². The van der Waals surface area contributed by atoms with Crippen molar-refractivity contribution in [2.45, 2.75) is 0 Å². The average Bonchev–Trinajstić information content (AvgIpc) is 2.82. The number of nitrogen functional groups attached to an aromatic ring is 1. The Labute approximate surface area is 107 Å². The minimum Gasteiger partial charge on any atom is -0.380 e. The van der Waals surface area contributed by atoms with Crippen LogP contribution in [0, 0.1) is 5.82 Å². The van der Waals surface area contributed by atoms with Gasteiger partial charge in [-0.05, 0) is 12.1 Å². The van der Waals surface area contributed by atoms with Crippen LogP contribution in [0.15, 0.2) is 47.2 Å². The molecule has 1 aromatic carbocycles. The average molecular weight is 256 g/mol. The third kappa shape index (κ3) is 1.93. The van der Waals surface area contributed by atoms with E-state index in [2.05, 4.69) is 15.1 Å². The molecular weight excluding hydrogens is 247 g/mol. The molecule has 19 heavy (non-hydrogen) atoms. The lowest BCUT2D eigenvalue weighted by atomic mass is 10.0. The standard InChI is InChI=1S/C13H9FN4O/c14-9-5-2-1-4-8(9)10-11(19-18-12(10)15)13-16-6-3-7-17-13/h1-7H,(H2,15,18). The molecule has 0 saturated carbocycles. The Bertz CT molecular complexity index is 712. The molecule has 0 unspecified atom stereocenters. The first-order chi connectivity index (χ1) is 9.27. The quantitative estimate of drug-likeness (QED) is 0.762. The summed E-state index contributed by atoms with van der Waals surface area (Å²) in [6.45, 7) is 0. The van der Waals surface area contributed by atoms with Gasteiger partial charge in [-0.1, -0.05) is 23.4 Å². The van der Waals surface area contributed by atoms with Crippen molar-refractivity contribution >= 4 is 5.82 Å². The lowest BCUT2D eigenvalue weighted by molar-refractivity contribution is 0.433. The molecule has 0 aliphatic rings. The summed E-state index contributed by atoms with van der Waals surface area (Å²) in [5.41, 5.74) is 6.43. The van der Waals surface area contributed by atoms with Gasteiger partial charge in [0.1, 0.15) is 5.82 Å². The number of benzene rings is 1. The van der Waals surface area contributed by atoms with E-state index in [0.29, 0.717) is 17.0 Å².